The maximum Gasteiger partial charge on any atom is 0.518 e. The molecule has 0 aromatic heterocycles. The first-order valence-corrected chi connectivity index (χ1v) is 17.6. The zero-order valence-electron chi connectivity index (χ0n) is 28.0. The number of unbranched alkanes of at least 4 members (excludes halogenated alkanes) is 6. The number of alkyl halides is 5. The molecule has 0 saturated carbocycles. The summed E-state index contributed by atoms with van der Waals surface area (Å²) in [5.41, 5.74) is -0.479. The van der Waals surface area contributed by atoms with Crippen LogP contribution in [-0.4, -0.2) is 71.3 Å². The van der Waals surface area contributed by atoms with Gasteiger partial charge in [-0.25, -0.2) is 44.6 Å². The molecule has 14 heteroatoms. The Morgan fingerprint density at radius 1 is 0.800 bits per heavy atom. The molecule has 1 aliphatic carbocycles. The van der Waals surface area contributed by atoms with Crippen LogP contribution < -0.4 is 0 Å². The fourth-order valence-corrected chi connectivity index (χ4v) is 6.56. The van der Waals surface area contributed by atoms with E-state index in [9.17, 15) is 30.4 Å². The van der Waals surface area contributed by atoms with Crippen molar-refractivity contribution in [2.75, 3.05) is 13.1 Å². The number of hydrogen-bond acceptors (Lipinski definition) is 4. The zero-order valence-corrected chi connectivity index (χ0v) is 28.8. The number of nitrogens with zero attached hydrogens (tertiary/aromatic N) is 6. The molecule has 1 aliphatic rings. The van der Waals surface area contributed by atoms with E-state index >= 15 is 0 Å². The summed E-state index contributed by atoms with van der Waals surface area (Å²) in [6.45, 7) is 23.6. The fourth-order valence-electron chi connectivity index (χ4n) is 5.36. The van der Waals surface area contributed by atoms with E-state index in [1.807, 2.05) is 53.1 Å². The highest BCUT2D eigenvalue weighted by atomic mass is 32.2. The molecule has 0 aliphatic heterocycles. The highest BCUT2D eigenvalue weighted by molar-refractivity contribution is 7.93. The van der Waals surface area contributed by atoms with Gasteiger partial charge in [0.1, 0.15) is 19.8 Å². The van der Waals surface area contributed by atoms with Crippen molar-refractivity contribution in [2.24, 2.45) is 0 Å². The number of sulfone groups is 1. The molecule has 8 nitrogen and oxygen atoms in total. The molecule has 0 spiro atoms. The first-order valence-electron chi connectivity index (χ1n) is 16.1. The quantitative estimate of drug-likeness (QED) is 0.0471. The Morgan fingerprint density at radius 2 is 1.28 bits per heavy atom. The standard InChI is InChI=1S/C36H41F5N6O2S/c1-28-14-16-30(17-15-28)47(25-13-9-7-11-23-35(38,36(39,40)41)33(44-3)45-4)31-20-18-29(19-21-31)46(5)24-12-8-6-10-22-34(2,37)50(48,49)32(26-42)27-43/h14-21,32-33H,1,5-13,22-25H2,2H3/q+2. The lowest BCUT2D eigenvalue weighted by Crippen LogP contribution is -2.48. The molecular formula is C36H41F5N6O2S+2. The minimum Gasteiger partial charge on any atom is -0.230 e. The van der Waals surface area contributed by atoms with Crippen molar-refractivity contribution >= 4 is 33.6 Å². The number of benzene rings is 1. The van der Waals surface area contributed by atoms with Crippen LogP contribution in [0.25, 0.3) is 9.69 Å². The molecule has 1 aromatic rings. The van der Waals surface area contributed by atoms with Crippen LogP contribution in [-0.2, 0) is 9.84 Å². The first kappa shape index (κ1) is 41.5. The van der Waals surface area contributed by atoms with Crippen LogP contribution in [0.2, 0.25) is 0 Å². The predicted molar refractivity (Wildman–Crippen MR) is 182 cm³/mol. The van der Waals surface area contributed by atoms with E-state index in [1.165, 1.54) is 12.1 Å². The molecular weight excluding hydrogens is 675 g/mol. The van der Waals surface area contributed by atoms with Crippen molar-refractivity contribution in [3.8, 4) is 12.1 Å². The Balaban J connectivity index is 1.96. The minimum absolute atomic E-state index is 0.121. The molecule has 0 amide bonds. The third kappa shape index (κ3) is 10.7. The number of halogens is 5. The van der Waals surface area contributed by atoms with Crippen molar-refractivity contribution in [3.63, 3.8) is 0 Å². The smallest absolute Gasteiger partial charge is 0.230 e. The van der Waals surface area contributed by atoms with Crippen molar-refractivity contribution in [3.05, 3.63) is 83.6 Å². The summed E-state index contributed by atoms with van der Waals surface area (Å²) in [6, 6.07) is 10.3. The van der Waals surface area contributed by atoms with Gasteiger partial charge in [0.15, 0.2) is 0 Å². The second-order valence-corrected chi connectivity index (χ2v) is 14.6. The summed E-state index contributed by atoms with van der Waals surface area (Å²) in [6.07, 6.45) is 1.96. The van der Waals surface area contributed by atoms with Gasteiger partial charge in [-0.15, -0.1) is 0 Å². The van der Waals surface area contributed by atoms with Crippen LogP contribution in [0.3, 0.4) is 0 Å². The Hall–Kier alpha value is -4.66. The van der Waals surface area contributed by atoms with Gasteiger partial charge in [0, 0.05) is 55.7 Å². The van der Waals surface area contributed by atoms with Crippen LogP contribution >= 0.6 is 0 Å². The molecule has 2 rings (SSSR count). The van der Waals surface area contributed by atoms with Gasteiger partial charge in [0.2, 0.25) is 37.2 Å². The van der Waals surface area contributed by atoms with E-state index in [-0.39, 0.29) is 19.3 Å². The summed E-state index contributed by atoms with van der Waals surface area (Å²) < 4.78 is 98.1. The SMILES string of the molecule is [C-]#[N+]C([N+]#[C-])C(F)(CCCCCC[N+](=C1C=CC(=C)C=C1)c1ccc([N+](=C)CCCCCCC(C)(F)S(=O)(=O)C(C#N)C#N)cc1)C(F)(F)F. The van der Waals surface area contributed by atoms with Crippen LogP contribution in [0.5, 0.6) is 0 Å². The summed E-state index contributed by atoms with van der Waals surface area (Å²) in [5, 5.41) is 13.0. The Kier molecular flexibility index (Phi) is 15.2. The second kappa shape index (κ2) is 18.4. The molecule has 266 valence electrons. The van der Waals surface area contributed by atoms with Crippen molar-refractivity contribution in [1.82, 2.24) is 0 Å². The lowest BCUT2D eigenvalue weighted by atomic mass is 9.94. The van der Waals surface area contributed by atoms with Crippen LogP contribution in [0, 0.1) is 35.8 Å². The van der Waals surface area contributed by atoms with Crippen molar-refractivity contribution in [2.45, 2.75) is 99.4 Å². The summed E-state index contributed by atoms with van der Waals surface area (Å²) in [4.78, 5) is 5.12. The fraction of sp³-hybridized carbons (Fsp3) is 0.500. The van der Waals surface area contributed by atoms with Crippen LogP contribution in [0.4, 0.5) is 33.3 Å². The number of nitriles is 2. The zero-order chi connectivity index (χ0) is 37.6. The predicted octanol–water partition coefficient (Wildman–Crippen LogP) is 8.65. The van der Waals surface area contributed by atoms with E-state index < -0.39 is 44.5 Å². The average molecular weight is 717 g/mol. The maximum absolute atomic E-state index is 14.8. The molecule has 0 fully saturated rings. The number of rotatable bonds is 19. The van der Waals surface area contributed by atoms with Gasteiger partial charge in [0.25, 0.3) is 0 Å². The third-order valence-corrected chi connectivity index (χ3v) is 10.7. The van der Waals surface area contributed by atoms with E-state index in [0.29, 0.717) is 51.6 Å². The topological polar surface area (TPSA) is 96.5 Å². The van der Waals surface area contributed by atoms with Gasteiger partial charge >= 0.3 is 18.0 Å². The highest BCUT2D eigenvalue weighted by Crippen LogP contribution is 2.42. The van der Waals surface area contributed by atoms with Gasteiger partial charge in [-0.2, -0.15) is 28.3 Å². The van der Waals surface area contributed by atoms with E-state index in [2.05, 4.69) is 23.0 Å². The van der Waals surface area contributed by atoms with E-state index in [4.69, 9.17) is 23.7 Å². The first-order chi connectivity index (χ1) is 23.5. The number of allylic oxidation sites excluding steroid dienone is 5. The van der Waals surface area contributed by atoms with Gasteiger partial charge in [-0.05, 0) is 56.8 Å². The Morgan fingerprint density at radius 3 is 1.78 bits per heavy atom. The van der Waals surface area contributed by atoms with Gasteiger partial charge in [-0.1, -0.05) is 19.4 Å². The van der Waals surface area contributed by atoms with Gasteiger partial charge in [0.05, 0.1) is 12.1 Å². The minimum atomic E-state index is -5.31. The molecule has 0 heterocycles. The maximum atomic E-state index is 14.8. The largest absolute Gasteiger partial charge is 0.518 e. The summed E-state index contributed by atoms with van der Waals surface area (Å²) >= 11 is 0. The Labute approximate surface area is 291 Å². The highest BCUT2D eigenvalue weighted by Gasteiger charge is 2.69. The molecule has 2 unspecified atom stereocenters. The number of hydrogen-bond donors (Lipinski definition) is 0. The third-order valence-electron chi connectivity index (χ3n) is 8.51. The molecule has 2 atom stereocenters. The van der Waals surface area contributed by atoms with Crippen LogP contribution in [0.15, 0.2) is 60.7 Å². The monoisotopic (exact) mass is 716 g/mol. The normalized spacial score (nSPS) is 15.4. The summed E-state index contributed by atoms with van der Waals surface area (Å²) in [5.74, 6) is 0. The second-order valence-electron chi connectivity index (χ2n) is 12.2. The molecule has 0 bridgehead atoms. The Bertz CT molecular complexity index is 1710. The summed E-state index contributed by atoms with van der Waals surface area (Å²) in [7, 11) is -4.57. The van der Waals surface area contributed by atoms with Gasteiger partial charge in [-0.3, -0.25) is 0 Å². The molecule has 1 aromatic carbocycles. The van der Waals surface area contributed by atoms with E-state index in [0.717, 1.165) is 29.6 Å². The van der Waals surface area contributed by atoms with Crippen molar-refractivity contribution in [1.29, 1.82) is 10.5 Å². The lowest BCUT2D eigenvalue weighted by molar-refractivity contribution is -0.441. The molecule has 50 heavy (non-hydrogen) atoms. The average Bonchev–Trinajstić information content (AvgIpc) is 3.07. The lowest BCUT2D eigenvalue weighted by Gasteiger charge is -2.22. The molecule has 0 N–H and O–H groups in total. The molecule has 0 radical (unpaired) electrons. The van der Waals surface area contributed by atoms with E-state index in [1.54, 1.807) is 4.58 Å². The van der Waals surface area contributed by atoms with Crippen LogP contribution in [0.1, 0.15) is 71.1 Å². The molecule has 0 saturated heterocycles. The van der Waals surface area contributed by atoms with Gasteiger partial charge < -0.3 is 0 Å². The van der Waals surface area contributed by atoms with Crippen molar-refractivity contribution < 1.29 is 39.5 Å².